The monoisotopic (exact) mass is 1240 g/mol. The van der Waals surface area contributed by atoms with Gasteiger partial charge in [0.2, 0.25) is 0 Å². The van der Waals surface area contributed by atoms with Crippen LogP contribution in [0.3, 0.4) is 0 Å². The lowest BCUT2D eigenvalue weighted by molar-refractivity contribution is -0.161. The van der Waals surface area contributed by atoms with Gasteiger partial charge in [-0.2, -0.15) is 0 Å². The Morgan fingerprint density at radius 1 is 0.321 bits per heavy atom. The molecule has 0 amide bonds. The van der Waals surface area contributed by atoms with Gasteiger partial charge in [0.25, 0.3) is 0 Å². The van der Waals surface area contributed by atoms with Crippen molar-refractivity contribution in [2.75, 3.05) is 39.6 Å². The van der Waals surface area contributed by atoms with E-state index in [0.717, 1.165) is 102 Å². The van der Waals surface area contributed by atoms with Crippen LogP contribution in [-0.2, 0) is 65.4 Å². The Morgan fingerprint density at radius 2 is 0.548 bits per heavy atom. The van der Waals surface area contributed by atoms with Crippen molar-refractivity contribution in [2.45, 2.75) is 348 Å². The molecule has 0 aliphatic rings. The number of aliphatic hydroxyl groups excluding tert-OH is 1. The summed E-state index contributed by atoms with van der Waals surface area (Å²) in [7, 11) is -9.88. The molecule has 3 N–H and O–H groups in total. The van der Waals surface area contributed by atoms with E-state index in [9.17, 15) is 43.2 Å². The molecule has 2 unspecified atom stereocenters. The largest absolute Gasteiger partial charge is 0.472 e. The molecule has 84 heavy (non-hydrogen) atoms. The van der Waals surface area contributed by atoms with Crippen LogP contribution in [0, 0.1) is 5.92 Å². The van der Waals surface area contributed by atoms with Crippen molar-refractivity contribution in [3.8, 4) is 0 Å². The van der Waals surface area contributed by atoms with Crippen LogP contribution >= 0.6 is 15.6 Å². The molecule has 0 saturated carbocycles. The zero-order valence-electron chi connectivity index (χ0n) is 54.0. The first-order valence-electron chi connectivity index (χ1n) is 34.1. The molecule has 0 aliphatic heterocycles. The van der Waals surface area contributed by atoms with Crippen LogP contribution in [0.5, 0.6) is 0 Å². The second-order valence-corrected chi connectivity index (χ2v) is 26.9. The number of unbranched alkanes of at least 4 members (excludes halogenated alkanes) is 37. The van der Waals surface area contributed by atoms with Gasteiger partial charge in [-0.1, -0.05) is 279 Å². The van der Waals surface area contributed by atoms with E-state index in [4.69, 9.17) is 37.0 Å². The summed E-state index contributed by atoms with van der Waals surface area (Å²) >= 11 is 0. The molecule has 0 aromatic heterocycles. The highest BCUT2D eigenvalue weighted by Gasteiger charge is 2.30. The summed E-state index contributed by atoms with van der Waals surface area (Å²) in [4.78, 5) is 72.2. The fourth-order valence-electron chi connectivity index (χ4n) is 9.76. The molecule has 0 fully saturated rings. The number of hydrogen-bond donors (Lipinski definition) is 3. The van der Waals surface area contributed by atoms with Crippen molar-refractivity contribution >= 4 is 39.5 Å². The van der Waals surface area contributed by atoms with Gasteiger partial charge in [0, 0.05) is 25.7 Å². The number of hydrogen-bond acceptors (Lipinski definition) is 15. The zero-order valence-corrected chi connectivity index (χ0v) is 55.8. The lowest BCUT2D eigenvalue weighted by atomic mass is 10.0. The molecular weight excluding hydrogens is 1110 g/mol. The molecule has 0 spiro atoms. The SMILES string of the molecule is CCCCCCCCCCCCCCC(=O)OC[C@H](COP(=O)(O)OC[C@@H](O)COP(=O)(O)OC[C@@H](COC(=O)CCCCCCCCCC)OC(=O)CCCCCCCCCCCCCC)OC(=O)CCCCCCCCCCCC(C)C. The van der Waals surface area contributed by atoms with E-state index in [1.165, 1.54) is 148 Å². The van der Waals surface area contributed by atoms with Crippen molar-refractivity contribution < 1.29 is 80.2 Å². The van der Waals surface area contributed by atoms with Crippen LogP contribution in [-0.4, -0.2) is 96.7 Å². The zero-order chi connectivity index (χ0) is 62.0. The summed E-state index contributed by atoms with van der Waals surface area (Å²) in [5.41, 5.74) is 0. The molecule has 0 aliphatic carbocycles. The Balaban J connectivity index is 5.23. The number of aliphatic hydroxyl groups is 1. The minimum Gasteiger partial charge on any atom is -0.462 e. The number of phosphoric ester groups is 2. The molecule has 0 bridgehead atoms. The normalized spacial score (nSPS) is 14.2. The van der Waals surface area contributed by atoms with Gasteiger partial charge < -0.3 is 33.8 Å². The van der Waals surface area contributed by atoms with E-state index in [1.54, 1.807) is 0 Å². The standard InChI is InChI=1S/C65H126O17P2/c1-6-9-12-15-18-21-23-25-29-34-39-44-49-63(68)76-55-61(82-65(70)51-46-41-36-31-27-28-32-37-42-47-58(4)5)57-80-84(73,74)78-53-59(66)52-77-83(71,72)79-56-60(54-75-62(67)48-43-38-33-20-17-14-11-8-3)81-64(69)50-45-40-35-30-26-24-22-19-16-13-10-7-2/h58-61,66H,6-57H2,1-5H3,(H,71,72)(H,73,74)/t59-,60+,61+/m0/s1. The van der Waals surface area contributed by atoms with Gasteiger partial charge in [-0.25, -0.2) is 9.13 Å². The van der Waals surface area contributed by atoms with Gasteiger partial charge in [-0.05, 0) is 31.6 Å². The second kappa shape index (κ2) is 58.7. The van der Waals surface area contributed by atoms with E-state index in [1.807, 2.05) is 0 Å². The van der Waals surface area contributed by atoms with Crippen LogP contribution in [0.1, 0.15) is 330 Å². The van der Waals surface area contributed by atoms with Crippen molar-refractivity contribution in [1.82, 2.24) is 0 Å². The number of carbonyl (C=O) groups is 4. The summed E-state index contributed by atoms with van der Waals surface area (Å²) in [6.07, 6.45) is 43.0. The minimum absolute atomic E-state index is 0.106. The molecule has 0 aromatic rings. The fourth-order valence-corrected chi connectivity index (χ4v) is 11.3. The van der Waals surface area contributed by atoms with Crippen LogP contribution in [0.2, 0.25) is 0 Å². The van der Waals surface area contributed by atoms with Crippen LogP contribution in [0.25, 0.3) is 0 Å². The van der Waals surface area contributed by atoms with Crippen LogP contribution in [0.4, 0.5) is 0 Å². The molecule has 17 nitrogen and oxygen atoms in total. The highest BCUT2D eigenvalue weighted by Crippen LogP contribution is 2.45. The van der Waals surface area contributed by atoms with Gasteiger partial charge in [-0.3, -0.25) is 37.3 Å². The maximum atomic E-state index is 13.0. The third kappa shape index (κ3) is 59.0. The number of rotatable bonds is 65. The van der Waals surface area contributed by atoms with Gasteiger partial charge in [0.05, 0.1) is 26.4 Å². The third-order valence-corrected chi connectivity index (χ3v) is 16.9. The fraction of sp³-hybridized carbons (Fsp3) is 0.938. The first-order chi connectivity index (χ1) is 40.5. The Bertz CT molecular complexity index is 1640. The molecule has 498 valence electrons. The van der Waals surface area contributed by atoms with Gasteiger partial charge >= 0.3 is 39.5 Å². The minimum atomic E-state index is -4.94. The van der Waals surface area contributed by atoms with Gasteiger partial charge in [0.1, 0.15) is 19.3 Å². The quantitative estimate of drug-likeness (QED) is 0.0222. The summed E-state index contributed by atoms with van der Waals surface area (Å²) in [5.74, 6) is -1.39. The summed E-state index contributed by atoms with van der Waals surface area (Å²) in [6, 6.07) is 0. The average Bonchev–Trinajstić information content (AvgIpc) is 3.60. The Morgan fingerprint density at radius 3 is 0.810 bits per heavy atom. The first kappa shape index (κ1) is 82.1. The third-order valence-electron chi connectivity index (χ3n) is 15.0. The van der Waals surface area contributed by atoms with Crippen molar-refractivity contribution in [2.24, 2.45) is 5.92 Å². The Kier molecular flexibility index (Phi) is 57.4. The molecule has 0 rings (SSSR count). The van der Waals surface area contributed by atoms with E-state index < -0.39 is 97.5 Å². The molecule has 0 saturated heterocycles. The Labute approximate surface area is 511 Å². The second-order valence-electron chi connectivity index (χ2n) is 24.0. The van der Waals surface area contributed by atoms with E-state index in [0.29, 0.717) is 25.7 Å². The highest BCUT2D eigenvalue weighted by molar-refractivity contribution is 7.47. The van der Waals surface area contributed by atoms with Gasteiger partial charge in [0.15, 0.2) is 12.2 Å². The molecule has 0 radical (unpaired) electrons. The summed E-state index contributed by atoms with van der Waals surface area (Å²) in [6.45, 7) is 7.16. The first-order valence-corrected chi connectivity index (χ1v) is 37.1. The van der Waals surface area contributed by atoms with E-state index in [2.05, 4.69) is 34.6 Å². The Hall–Kier alpha value is -1.94. The predicted molar refractivity (Wildman–Crippen MR) is 335 cm³/mol. The van der Waals surface area contributed by atoms with Crippen LogP contribution < -0.4 is 0 Å². The smallest absolute Gasteiger partial charge is 0.462 e. The summed E-state index contributed by atoms with van der Waals surface area (Å²) in [5, 5.41) is 10.5. The molecule has 0 aromatic carbocycles. The summed E-state index contributed by atoms with van der Waals surface area (Å²) < 4.78 is 68.0. The molecule has 0 heterocycles. The van der Waals surface area contributed by atoms with Crippen molar-refractivity contribution in [3.63, 3.8) is 0 Å². The van der Waals surface area contributed by atoms with E-state index >= 15 is 0 Å². The number of esters is 4. The lowest BCUT2D eigenvalue weighted by Crippen LogP contribution is -2.30. The van der Waals surface area contributed by atoms with Crippen molar-refractivity contribution in [3.05, 3.63) is 0 Å². The molecule has 19 heteroatoms. The maximum Gasteiger partial charge on any atom is 0.472 e. The molecule has 5 atom stereocenters. The van der Waals surface area contributed by atoms with Crippen LogP contribution in [0.15, 0.2) is 0 Å². The van der Waals surface area contributed by atoms with E-state index in [-0.39, 0.29) is 25.7 Å². The van der Waals surface area contributed by atoms with Gasteiger partial charge in [-0.15, -0.1) is 0 Å². The average molecular weight is 1240 g/mol. The number of carbonyl (C=O) groups excluding carboxylic acids is 4. The predicted octanol–water partition coefficient (Wildman–Crippen LogP) is 18.2. The number of phosphoric acid groups is 2. The molecular formula is C65H126O17P2. The maximum absolute atomic E-state index is 13.0. The highest BCUT2D eigenvalue weighted by atomic mass is 31.2. The lowest BCUT2D eigenvalue weighted by Gasteiger charge is -2.21. The topological polar surface area (TPSA) is 237 Å². The number of ether oxygens (including phenoxy) is 4. The van der Waals surface area contributed by atoms with Crippen molar-refractivity contribution in [1.29, 1.82) is 0 Å².